The summed E-state index contributed by atoms with van der Waals surface area (Å²) in [7, 11) is 0. The van der Waals surface area contributed by atoms with Gasteiger partial charge in [-0.25, -0.2) is 0 Å². The average molecular weight is 398 g/mol. The number of para-hydroxylation sites is 1. The van der Waals surface area contributed by atoms with Crippen LogP contribution < -0.4 is 4.74 Å². The Kier molecular flexibility index (Phi) is 9.76. The Morgan fingerprint density at radius 3 is 2.38 bits per heavy atom. The highest BCUT2D eigenvalue weighted by Gasteiger charge is 2.13. The third-order valence-corrected chi connectivity index (χ3v) is 4.36. The smallest absolute Gasteiger partial charge is 0.306 e. The van der Waals surface area contributed by atoms with Crippen molar-refractivity contribution in [2.24, 2.45) is 0 Å². The van der Waals surface area contributed by atoms with Crippen LogP contribution in [0.3, 0.4) is 0 Å². The molecule has 156 valence electrons. The molecule has 1 atom stereocenters. The van der Waals surface area contributed by atoms with E-state index in [0.717, 1.165) is 37.0 Å². The SMILES string of the molecule is CCCCCC(C)OC(=O)CCC(=O)OCc1cccc(Oc2ccccc2)c1. The van der Waals surface area contributed by atoms with E-state index in [2.05, 4.69) is 6.92 Å². The predicted octanol–water partition coefficient (Wildman–Crippen LogP) is 5.81. The van der Waals surface area contributed by atoms with E-state index in [1.165, 1.54) is 0 Å². The highest BCUT2D eigenvalue weighted by atomic mass is 16.5. The van der Waals surface area contributed by atoms with E-state index >= 15 is 0 Å². The van der Waals surface area contributed by atoms with Crippen LogP contribution in [0.2, 0.25) is 0 Å². The van der Waals surface area contributed by atoms with Gasteiger partial charge in [-0.2, -0.15) is 0 Å². The Morgan fingerprint density at radius 2 is 1.62 bits per heavy atom. The molecule has 0 N–H and O–H groups in total. The number of esters is 2. The van der Waals surface area contributed by atoms with Crippen molar-refractivity contribution in [2.75, 3.05) is 0 Å². The van der Waals surface area contributed by atoms with Crippen LogP contribution in [0.5, 0.6) is 11.5 Å². The van der Waals surface area contributed by atoms with E-state index in [4.69, 9.17) is 14.2 Å². The Bertz CT molecular complexity index is 757. The third kappa shape index (κ3) is 9.28. The maximum absolute atomic E-state index is 11.9. The summed E-state index contributed by atoms with van der Waals surface area (Å²) in [6, 6.07) is 16.8. The molecule has 0 heterocycles. The summed E-state index contributed by atoms with van der Waals surface area (Å²) in [6.45, 7) is 4.15. The fourth-order valence-corrected chi connectivity index (χ4v) is 2.79. The van der Waals surface area contributed by atoms with Crippen LogP contribution in [-0.4, -0.2) is 18.0 Å². The summed E-state index contributed by atoms with van der Waals surface area (Å²) in [5.74, 6) is 0.633. The van der Waals surface area contributed by atoms with Crippen LogP contribution >= 0.6 is 0 Å². The minimum atomic E-state index is -0.421. The number of benzene rings is 2. The van der Waals surface area contributed by atoms with Crippen LogP contribution in [0.15, 0.2) is 54.6 Å². The van der Waals surface area contributed by atoms with Crippen molar-refractivity contribution in [3.8, 4) is 11.5 Å². The Morgan fingerprint density at radius 1 is 0.897 bits per heavy atom. The van der Waals surface area contributed by atoms with Crippen molar-refractivity contribution in [2.45, 2.75) is 65.1 Å². The molecule has 5 heteroatoms. The van der Waals surface area contributed by atoms with Crippen molar-refractivity contribution >= 4 is 11.9 Å². The first-order valence-electron chi connectivity index (χ1n) is 10.2. The monoisotopic (exact) mass is 398 g/mol. The molecule has 2 rings (SSSR count). The highest BCUT2D eigenvalue weighted by Crippen LogP contribution is 2.22. The van der Waals surface area contributed by atoms with Gasteiger partial charge in [-0.05, 0) is 49.6 Å². The molecule has 5 nitrogen and oxygen atoms in total. The lowest BCUT2D eigenvalue weighted by Gasteiger charge is -2.13. The van der Waals surface area contributed by atoms with Crippen molar-refractivity contribution < 1.29 is 23.8 Å². The van der Waals surface area contributed by atoms with Gasteiger partial charge in [-0.15, -0.1) is 0 Å². The molecule has 0 saturated carbocycles. The van der Waals surface area contributed by atoms with Gasteiger partial charge < -0.3 is 14.2 Å². The lowest BCUT2D eigenvalue weighted by Crippen LogP contribution is -2.16. The molecule has 0 aliphatic carbocycles. The van der Waals surface area contributed by atoms with E-state index in [1.807, 2.05) is 61.5 Å². The maximum atomic E-state index is 11.9. The summed E-state index contributed by atoms with van der Waals surface area (Å²) in [5.41, 5.74) is 0.818. The van der Waals surface area contributed by atoms with E-state index in [9.17, 15) is 9.59 Å². The largest absolute Gasteiger partial charge is 0.463 e. The van der Waals surface area contributed by atoms with Crippen molar-refractivity contribution in [1.29, 1.82) is 0 Å². The van der Waals surface area contributed by atoms with Gasteiger partial charge in [0, 0.05) is 0 Å². The molecule has 2 aromatic rings. The maximum Gasteiger partial charge on any atom is 0.306 e. The summed E-state index contributed by atoms with van der Waals surface area (Å²) < 4.78 is 16.4. The quantitative estimate of drug-likeness (QED) is 0.333. The molecule has 0 saturated heterocycles. The van der Waals surface area contributed by atoms with Gasteiger partial charge in [0.15, 0.2) is 0 Å². The van der Waals surface area contributed by atoms with Gasteiger partial charge in [0.05, 0.1) is 18.9 Å². The summed E-state index contributed by atoms with van der Waals surface area (Å²) >= 11 is 0. The predicted molar refractivity (Wildman–Crippen MR) is 112 cm³/mol. The number of carbonyl (C=O) groups excluding carboxylic acids is 2. The van der Waals surface area contributed by atoms with E-state index in [1.54, 1.807) is 0 Å². The number of rotatable bonds is 12. The molecule has 0 aliphatic heterocycles. The minimum absolute atomic E-state index is 0.0146. The molecular formula is C24H30O5. The Balaban J connectivity index is 1.69. The van der Waals surface area contributed by atoms with Crippen molar-refractivity contribution in [3.05, 3.63) is 60.2 Å². The van der Waals surface area contributed by atoms with Crippen LogP contribution in [0.4, 0.5) is 0 Å². The summed E-state index contributed by atoms with van der Waals surface area (Å²) in [4.78, 5) is 23.8. The van der Waals surface area contributed by atoms with Gasteiger partial charge >= 0.3 is 11.9 Å². The van der Waals surface area contributed by atoms with Crippen LogP contribution in [0.1, 0.15) is 57.9 Å². The Hall–Kier alpha value is -2.82. The molecule has 0 fully saturated rings. The second kappa shape index (κ2) is 12.6. The standard InChI is InChI=1S/C24H30O5/c1-3-4-6-10-19(2)28-24(26)16-15-23(25)27-18-20-11-9-14-22(17-20)29-21-12-7-5-8-13-21/h5,7-9,11-14,17,19H,3-4,6,10,15-16,18H2,1-2H3. The average Bonchev–Trinajstić information content (AvgIpc) is 2.72. The fraction of sp³-hybridized carbons (Fsp3) is 0.417. The van der Waals surface area contributed by atoms with Gasteiger partial charge in [0.25, 0.3) is 0 Å². The van der Waals surface area contributed by atoms with Crippen LogP contribution in [0.25, 0.3) is 0 Å². The number of hydrogen-bond donors (Lipinski definition) is 0. The zero-order valence-electron chi connectivity index (χ0n) is 17.3. The second-order valence-electron chi connectivity index (χ2n) is 7.02. The molecule has 0 aromatic heterocycles. The minimum Gasteiger partial charge on any atom is -0.463 e. The lowest BCUT2D eigenvalue weighted by atomic mass is 10.1. The van der Waals surface area contributed by atoms with Gasteiger partial charge in [-0.3, -0.25) is 9.59 Å². The van der Waals surface area contributed by atoms with Crippen LogP contribution in [-0.2, 0) is 25.7 Å². The molecule has 29 heavy (non-hydrogen) atoms. The number of carbonyl (C=O) groups is 2. The molecule has 0 bridgehead atoms. The molecule has 0 radical (unpaired) electrons. The molecule has 0 spiro atoms. The second-order valence-corrected chi connectivity index (χ2v) is 7.02. The first-order valence-corrected chi connectivity index (χ1v) is 10.2. The van der Waals surface area contributed by atoms with Gasteiger partial charge in [-0.1, -0.05) is 50.1 Å². The Labute approximate surface area is 173 Å². The topological polar surface area (TPSA) is 61.8 Å². The first-order chi connectivity index (χ1) is 14.1. The third-order valence-electron chi connectivity index (χ3n) is 4.36. The van der Waals surface area contributed by atoms with E-state index in [0.29, 0.717) is 5.75 Å². The zero-order chi connectivity index (χ0) is 20.9. The molecule has 0 amide bonds. The molecule has 2 aromatic carbocycles. The zero-order valence-corrected chi connectivity index (χ0v) is 17.3. The molecule has 0 aliphatic rings. The van der Waals surface area contributed by atoms with E-state index < -0.39 is 5.97 Å². The van der Waals surface area contributed by atoms with E-state index in [-0.39, 0.29) is 31.5 Å². The van der Waals surface area contributed by atoms with Crippen LogP contribution in [0, 0.1) is 0 Å². The first kappa shape index (κ1) is 22.5. The summed E-state index contributed by atoms with van der Waals surface area (Å²) in [6.07, 6.45) is 4.09. The van der Waals surface area contributed by atoms with Crippen molar-refractivity contribution in [1.82, 2.24) is 0 Å². The van der Waals surface area contributed by atoms with Crippen molar-refractivity contribution in [3.63, 3.8) is 0 Å². The molecule has 1 unspecified atom stereocenters. The number of hydrogen-bond acceptors (Lipinski definition) is 5. The fourth-order valence-electron chi connectivity index (χ4n) is 2.79. The van der Waals surface area contributed by atoms with Gasteiger partial charge in [0.2, 0.25) is 0 Å². The summed E-state index contributed by atoms with van der Waals surface area (Å²) in [5, 5.41) is 0. The highest BCUT2D eigenvalue weighted by molar-refractivity contribution is 5.77. The normalized spacial score (nSPS) is 11.5. The lowest BCUT2D eigenvalue weighted by molar-refractivity contribution is -0.153. The number of ether oxygens (including phenoxy) is 3. The molecular weight excluding hydrogens is 368 g/mol. The van der Waals surface area contributed by atoms with Gasteiger partial charge in [0.1, 0.15) is 18.1 Å². The number of unbranched alkanes of at least 4 members (excludes halogenated alkanes) is 2.